The molecule has 0 saturated heterocycles. The standard InChI is InChI=1S/C15H24N4O4S/c1-6-18(7-2)24(22,23)15-10-13(19(20)21)8-9-14(15)17-16-12(5)11(3)4/h8-11,17H,6-7H2,1-5H3. The molecule has 8 nitrogen and oxygen atoms in total. The van der Waals surface area contributed by atoms with Gasteiger partial charge in [0.05, 0.1) is 10.6 Å². The molecule has 0 aromatic heterocycles. The SMILES string of the molecule is CCN(CC)S(=O)(=O)c1cc([N+](=O)[O-])ccc1NN=C(C)C(C)C. The second-order valence-electron chi connectivity index (χ2n) is 5.55. The van der Waals surface area contributed by atoms with E-state index in [1.807, 2.05) is 20.8 Å². The van der Waals surface area contributed by atoms with Gasteiger partial charge in [-0.05, 0) is 18.9 Å². The van der Waals surface area contributed by atoms with Crippen LogP contribution in [0.1, 0.15) is 34.6 Å². The summed E-state index contributed by atoms with van der Waals surface area (Å²) in [5.41, 5.74) is 3.45. The third kappa shape index (κ3) is 4.51. The van der Waals surface area contributed by atoms with E-state index in [4.69, 9.17) is 0 Å². The minimum absolute atomic E-state index is 0.152. The van der Waals surface area contributed by atoms with Crippen LogP contribution >= 0.6 is 0 Å². The van der Waals surface area contributed by atoms with Crippen molar-refractivity contribution < 1.29 is 13.3 Å². The molecule has 0 radical (unpaired) electrons. The number of rotatable bonds is 8. The van der Waals surface area contributed by atoms with Crippen LogP contribution in [0.15, 0.2) is 28.2 Å². The van der Waals surface area contributed by atoms with Crippen LogP contribution in [0.25, 0.3) is 0 Å². The van der Waals surface area contributed by atoms with Crippen molar-refractivity contribution in [3.05, 3.63) is 28.3 Å². The smallest absolute Gasteiger partial charge is 0.270 e. The van der Waals surface area contributed by atoms with E-state index in [1.54, 1.807) is 13.8 Å². The fourth-order valence-corrected chi connectivity index (χ4v) is 3.53. The van der Waals surface area contributed by atoms with Crippen molar-refractivity contribution in [1.29, 1.82) is 0 Å². The molecule has 9 heteroatoms. The highest BCUT2D eigenvalue weighted by molar-refractivity contribution is 7.89. The lowest BCUT2D eigenvalue weighted by molar-refractivity contribution is -0.385. The molecule has 0 aliphatic rings. The van der Waals surface area contributed by atoms with Gasteiger partial charge in [0.25, 0.3) is 5.69 Å². The van der Waals surface area contributed by atoms with Crippen molar-refractivity contribution >= 4 is 27.1 Å². The number of sulfonamides is 1. The lowest BCUT2D eigenvalue weighted by atomic mass is 10.1. The molecule has 0 aliphatic carbocycles. The van der Waals surface area contributed by atoms with E-state index in [9.17, 15) is 18.5 Å². The van der Waals surface area contributed by atoms with Gasteiger partial charge in [0, 0.05) is 30.9 Å². The Balaban J connectivity index is 3.45. The van der Waals surface area contributed by atoms with Gasteiger partial charge in [0.15, 0.2) is 0 Å². The summed E-state index contributed by atoms with van der Waals surface area (Å²) < 4.78 is 26.8. The summed E-state index contributed by atoms with van der Waals surface area (Å²) in [6.07, 6.45) is 0. The second-order valence-corrected chi connectivity index (χ2v) is 7.45. The molecule has 1 aromatic carbocycles. The normalized spacial score (nSPS) is 12.7. The van der Waals surface area contributed by atoms with E-state index < -0.39 is 14.9 Å². The van der Waals surface area contributed by atoms with Crippen molar-refractivity contribution in [2.24, 2.45) is 11.0 Å². The number of nitrogens with zero attached hydrogens (tertiary/aromatic N) is 3. The maximum Gasteiger partial charge on any atom is 0.270 e. The number of non-ortho nitro benzene ring substituents is 1. The number of nitro groups is 1. The third-order valence-electron chi connectivity index (χ3n) is 3.69. The van der Waals surface area contributed by atoms with Gasteiger partial charge in [-0.15, -0.1) is 0 Å². The topological polar surface area (TPSA) is 105 Å². The van der Waals surface area contributed by atoms with Gasteiger partial charge in [0.2, 0.25) is 10.0 Å². The molecule has 24 heavy (non-hydrogen) atoms. The largest absolute Gasteiger partial charge is 0.277 e. The van der Waals surface area contributed by atoms with Crippen LogP contribution in [-0.4, -0.2) is 36.4 Å². The Morgan fingerprint density at radius 1 is 1.33 bits per heavy atom. The molecule has 0 saturated carbocycles. The molecule has 0 bridgehead atoms. The Hall–Kier alpha value is -2.00. The van der Waals surface area contributed by atoms with Crippen LogP contribution < -0.4 is 5.43 Å². The molecule has 0 unspecified atom stereocenters. The first-order valence-electron chi connectivity index (χ1n) is 7.73. The lowest BCUT2D eigenvalue weighted by Gasteiger charge is -2.20. The predicted octanol–water partition coefficient (Wildman–Crippen LogP) is 3.07. The highest BCUT2D eigenvalue weighted by Crippen LogP contribution is 2.29. The molecule has 1 aromatic rings. The quantitative estimate of drug-likeness (QED) is 0.438. The Kier molecular flexibility index (Phi) is 6.85. The molecule has 0 aliphatic heterocycles. The van der Waals surface area contributed by atoms with Gasteiger partial charge in [-0.25, -0.2) is 8.42 Å². The number of nitrogens with one attached hydrogen (secondary N) is 1. The zero-order chi connectivity index (χ0) is 18.5. The van der Waals surface area contributed by atoms with Gasteiger partial charge in [0.1, 0.15) is 4.90 Å². The molecular formula is C15H24N4O4S. The summed E-state index contributed by atoms with van der Waals surface area (Å²) in [4.78, 5) is 10.2. The van der Waals surface area contributed by atoms with Crippen LogP contribution in [0, 0.1) is 16.0 Å². The number of hydrazone groups is 1. The Labute approximate surface area is 142 Å². The fraction of sp³-hybridized carbons (Fsp3) is 0.533. The monoisotopic (exact) mass is 356 g/mol. The van der Waals surface area contributed by atoms with E-state index >= 15 is 0 Å². The Morgan fingerprint density at radius 3 is 2.38 bits per heavy atom. The Bertz CT molecular complexity index is 725. The number of benzene rings is 1. The first-order chi connectivity index (χ1) is 11.1. The molecule has 0 spiro atoms. The van der Waals surface area contributed by atoms with Gasteiger partial charge < -0.3 is 0 Å². The fourth-order valence-electron chi connectivity index (χ4n) is 1.91. The summed E-state index contributed by atoms with van der Waals surface area (Å²) in [7, 11) is -3.86. The van der Waals surface area contributed by atoms with Crippen molar-refractivity contribution in [3.8, 4) is 0 Å². The number of hydrogen-bond donors (Lipinski definition) is 1. The van der Waals surface area contributed by atoms with Crippen LogP contribution in [0.5, 0.6) is 0 Å². The summed E-state index contributed by atoms with van der Waals surface area (Å²) >= 11 is 0. The van der Waals surface area contributed by atoms with E-state index in [1.165, 1.54) is 16.4 Å². The Morgan fingerprint density at radius 2 is 1.92 bits per heavy atom. The summed E-state index contributed by atoms with van der Waals surface area (Å²) in [6, 6.07) is 3.69. The van der Waals surface area contributed by atoms with Crippen molar-refractivity contribution in [3.63, 3.8) is 0 Å². The summed E-state index contributed by atoms with van der Waals surface area (Å²) in [5, 5.41) is 15.2. The molecule has 0 fully saturated rings. The molecule has 1 rings (SSSR count). The zero-order valence-electron chi connectivity index (χ0n) is 14.6. The van der Waals surface area contributed by atoms with E-state index in [0.717, 1.165) is 11.8 Å². The third-order valence-corrected chi connectivity index (χ3v) is 5.78. The number of anilines is 1. The highest BCUT2D eigenvalue weighted by Gasteiger charge is 2.27. The zero-order valence-corrected chi connectivity index (χ0v) is 15.4. The van der Waals surface area contributed by atoms with E-state index in [0.29, 0.717) is 0 Å². The average Bonchev–Trinajstić information content (AvgIpc) is 2.52. The van der Waals surface area contributed by atoms with Crippen molar-refractivity contribution in [1.82, 2.24) is 4.31 Å². The van der Waals surface area contributed by atoms with Gasteiger partial charge in [-0.3, -0.25) is 15.5 Å². The summed E-state index contributed by atoms with van der Waals surface area (Å²) in [6.45, 7) is 9.72. The van der Waals surface area contributed by atoms with Crippen LogP contribution in [0.2, 0.25) is 0 Å². The lowest BCUT2D eigenvalue weighted by Crippen LogP contribution is -2.31. The minimum Gasteiger partial charge on any atom is -0.277 e. The first-order valence-corrected chi connectivity index (χ1v) is 9.17. The first kappa shape index (κ1) is 20.0. The van der Waals surface area contributed by atoms with Crippen molar-refractivity contribution in [2.75, 3.05) is 18.5 Å². The van der Waals surface area contributed by atoms with Gasteiger partial charge in [-0.2, -0.15) is 9.41 Å². The average molecular weight is 356 g/mol. The van der Waals surface area contributed by atoms with Crippen LogP contribution in [0.4, 0.5) is 11.4 Å². The highest BCUT2D eigenvalue weighted by atomic mass is 32.2. The van der Waals surface area contributed by atoms with E-state index in [-0.39, 0.29) is 35.3 Å². The molecule has 1 N–H and O–H groups in total. The minimum atomic E-state index is -3.86. The number of nitro benzene ring substituents is 1. The maximum absolute atomic E-state index is 12.8. The molecule has 0 amide bonds. The number of hydrogen-bond acceptors (Lipinski definition) is 6. The second kappa shape index (κ2) is 8.20. The maximum atomic E-state index is 12.8. The van der Waals surface area contributed by atoms with Crippen LogP contribution in [-0.2, 0) is 10.0 Å². The molecule has 0 atom stereocenters. The summed E-state index contributed by atoms with van der Waals surface area (Å²) in [5.74, 6) is 0.193. The molecule has 134 valence electrons. The van der Waals surface area contributed by atoms with E-state index in [2.05, 4.69) is 10.5 Å². The van der Waals surface area contributed by atoms with Gasteiger partial charge >= 0.3 is 0 Å². The van der Waals surface area contributed by atoms with Crippen LogP contribution in [0.3, 0.4) is 0 Å². The molecular weight excluding hydrogens is 332 g/mol. The predicted molar refractivity (Wildman–Crippen MR) is 94.8 cm³/mol. The van der Waals surface area contributed by atoms with Crippen molar-refractivity contribution in [2.45, 2.75) is 39.5 Å². The molecule has 0 heterocycles. The van der Waals surface area contributed by atoms with Gasteiger partial charge in [-0.1, -0.05) is 27.7 Å².